The van der Waals surface area contributed by atoms with Gasteiger partial charge in [-0.15, -0.1) is 5.10 Å². The second-order valence-corrected chi connectivity index (χ2v) is 6.86. The molecule has 1 atom stereocenters. The number of carbonyl (C=O) groups excluding carboxylic acids is 1. The summed E-state index contributed by atoms with van der Waals surface area (Å²) in [7, 11) is 2.09. The van der Waals surface area contributed by atoms with Crippen molar-refractivity contribution in [1.82, 2.24) is 20.4 Å². The molecule has 7 nitrogen and oxygen atoms in total. The fraction of sp³-hybridized carbons (Fsp3) is 0.556. The van der Waals surface area contributed by atoms with E-state index < -0.39 is 0 Å². The normalized spacial score (nSPS) is 22.4. The Bertz CT molecular complexity index is 705. The van der Waals surface area contributed by atoms with Crippen LogP contribution in [0.25, 0.3) is 0 Å². The minimum absolute atomic E-state index is 0.0753. The molecule has 3 heterocycles. The molecular weight excluding hydrogens is 316 g/mol. The smallest absolute Gasteiger partial charge is 0.176 e. The largest absolute Gasteiger partial charge is 0.355 e. The molecule has 1 unspecified atom stereocenters. The lowest BCUT2D eigenvalue weighted by molar-refractivity contribution is -0.104. The van der Waals surface area contributed by atoms with Gasteiger partial charge in [0.05, 0.1) is 11.8 Å². The van der Waals surface area contributed by atoms with Gasteiger partial charge in [0.25, 0.3) is 0 Å². The van der Waals surface area contributed by atoms with Gasteiger partial charge < -0.3 is 10.2 Å². The van der Waals surface area contributed by atoms with Crippen LogP contribution in [-0.2, 0) is 4.79 Å². The summed E-state index contributed by atoms with van der Waals surface area (Å²) in [5.74, 6) is 0.928. The van der Waals surface area contributed by atoms with Crippen molar-refractivity contribution in [2.24, 2.45) is 4.99 Å². The lowest BCUT2D eigenvalue weighted by atomic mass is 10.0. The average molecular weight is 342 g/mol. The summed E-state index contributed by atoms with van der Waals surface area (Å²) in [4.78, 5) is 20.4. The highest BCUT2D eigenvalue weighted by molar-refractivity contribution is 6.14. The Kier molecular flexibility index (Phi) is 5.13. The van der Waals surface area contributed by atoms with E-state index in [1.807, 2.05) is 20.8 Å². The molecule has 0 aliphatic carbocycles. The van der Waals surface area contributed by atoms with Crippen molar-refractivity contribution in [2.45, 2.75) is 45.9 Å². The van der Waals surface area contributed by atoms with E-state index in [9.17, 15) is 4.79 Å². The number of aryl methyl sites for hydroxylation is 1. The Morgan fingerprint density at radius 3 is 2.60 bits per heavy atom. The van der Waals surface area contributed by atoms with Crippen molar-refractivity contribution in [2.75, 3.05) is 25.0 Å². The monoisotopic (exact) mass is 342 g/mol. The van der Waals surface area contributed by atoms with Crippen LogP contribution in [0, 0.1) is 6.92 Å². The number of carbonyl (C=O) groups is 1. The van der Waals surface area contributed by atoms with Crippen LogP contribution in [0.2, 0.25) is 0 Å². The highest BCUT2D eigenvalue weighted by Gasteiger charge is 2.29. The third kappa shape index (κ3) is 3.71. The van der Waals surface area contributed by atoms with Gasteiger partial charge in [0.1, 0.15) is 0 Å². The van der Waals surface area contributed by atoms with E-state index in [-0.39, 0.29) is 6.29 Å². The first-order valence-electron chi connectivity index (χ1n) is 8.73. The van der Waals surface area contributed by atoms with Crippen molar-refractivity contribution >= 4 is 17.8 Å². The Hall–Kier alpha value is -2.28. The Balaban J connectivity index is 1.61. The van der Waals surface area contributed by atoms with Crippen LogP contribution in [0.5, 0.6) is 0 Å². The van der Waals surface area contributed by atoms with E-state index in [1.54, 1.807) is 6.20 Å². The summed E-state index contributed by atoms with van der Waals surface area (Å²) < 4.78 is 0. The molecule has 0 bridgehead atoms. The third-order valence-corrected chi connectivity index (χ3v) is 5.11. The van der Waals surface area contributed by atoms with E-state index in [0.717, 1.165) is 55.0 Å². The van der Waals surface area contributed by atoms with Crippen molar-refractivity contribution in [3.05, 3.63) is 29.1 Å². The van der Waals surface area contributed by atoms with Crippen molar-refractivity contribution in [3.8, 4) is 0 Å². The SMILES string of the molecule is CC1=NC(N2CCC(N(C)c3cc(C)cnn3)CC2)NC(C)=C1C=O. The maximum absolute atomic E-state index is 11.1. The lowest BCUT2D eigenvalue weighted by Crippen LogP contribution is -2.52. The summed E-state index contributed by atoms with van der Waals surface area (Å²) in [6, 6.07) is 2.52. The number of anilines is 1. The van der Waals surface area contributed by atoms with Crippen molar-refractivity contribution in [1.29, 1.82) is 0 Å². The third-order valence-electron chi connectivity index (χ3n) is 5.11. The molecule has 1 aromatic heterocycles. The summed E-state index contributed by atoms with van der Waals surface area (Å²) in [5.41, 5.74) is 3.51. The number of aldehydes is 1. The van der Waals surface area contributed by atoms with Crippen molar-refractivity contribution < 1.29 is 4.79 Å². The standard InChI is InChI=1S/C18H26N6O/c1-12-9-17(22-19-10-12)23(4)15-5-7-24(8-6-15)18-20-13(2)16(11-25)14(3)21-18/h9-11,15,18,20H,5-8H2,1-4H3. The Morgan fingerprint density at radius 1 is 1.28 bits per heavy atom. The summed E-state index contributed by atoms with van der Waals surface area (Å²) in [6.45, 7) is 7.77. The summed E-state index contributed by atoms with van der Waals surface area (Å²) >= 11 is 0. The average Bonchev–Trinajstić information content (AvgIpc) is 2.61. The molecule has 1 saturated heterocycles. The number of hydrogen-bond acceptors (Lipinski definition) is 7. The number of aliphatic imine (C=N–C) groups is 1. The van der Waals surface area contributed by atoms with Crippen LogP contribution in [0.3, 0.4) is 0 Å². The first kappa shape index (κ1) is 17.5. The highest BCUT2D eigenvalue weighted by atomic mass is 16.1. The number of likely N-dealkylation sites (tertiary alicyclic amines) is 1. The molecular formula is C18H26N6O. The lowest BCUT2D eigenvalue weighted by Gasteiger charge is -2.40. The Labute approximate surface area is 148 Å². The molecule has 2 aliphatic rings. The minimum Gasteiger partial charge on any atom is -0.355 e. The zero-order valence-electron chi connectivity index (χ0n) is 15.4. The minimum atomic E-state index is -0.0753. The molecule has 7 heteroatoms. The molecule has 25 heavy (non-hydrogen) atoms. The molecule has 1 aromatic rings. The maximum Gasteiger partial charge on any atom is 0.176 e. The summed E-state index contributed by atoms with van der Waals surface area (Å²) in [5, 5.41) is 11.7. The summed E-state index contributed by atoms with van der Waals surface area (Å²) in [6.07, 6.45) is 4.67. The van der Waals surface area contributed by atoms with Crippen LogP contribution >= 0.6 is 0 Å². The predicted octanol–water partition coefficient (Wildman–Crippen LogP) is 1.51. The van der Waals surface area contributed by atoms with Gasteiger partial charge in [0.2, 0.25) is 0 Å². The first-order valence-corrected chi connectivity index (χ1v) is 8.73. The number of hydrogen-bond donors (Lipinski definition) is 1. The van der Waals surface area contributed by atoms with Crippen LogP contribution in [0.4, 0.5) is 5.82 Å². The van der Waals surface area contributed by atoms with Gasteiger partial charge >= 0.3 is 0 Å². The fourth-order valence-corrected chi connectivity index (χ4v) is 3.50. The molecule has 0 aromatic carbocycles. The topological polar surface area (TPSA) is 73.7 Å². The van der Waals surface area contributed by atoms with Gasteiger partial charge in [-0.25, -0.2) is 4.99 Å². The van der Waals surface area contributed by atoms with Gasteiger partial charge in [-0.2, -0.15) is 5.10 Å². The van der Waals surface area contributed by atoms with E-state index in [0.29, 0.717) is 11.6 Å². The number of piperidine rings is 1. The first-order chi connectivity index (χ1) is 12.0. The molecule has 2 aliphatic heterocycles. The van der Waals surface area contributed by atoms with Gasteiger partial charge in [0.15, 0.2) is 18.4 Å². The number of rotatable bonds is 4. The van der Waals surface area contributed by atoms with Gasteiger partial charge in [0, 0.05) is 37.6 Å². The van der Waals surface area contributed by atoms with E-state index in [4.69, 9.17) is 0 Å². The molecule has 134 valence electrons. The molecule has 3 rings (SSSR count). The van der Waals surface area contributed by atoms with E-state index in [1.165, 1.54) is 0 Å². The van der Waals surface area contributed by atoms with Gasteiger partial charge in [-0.3, -0.25) is 9.69 Å². The molecule has 0 saturated carbocycles. The second kappa shape index (κ2) is 7.31. The van der Waals surface area contributed by atoms with Crippen LogP contribution in [0.15, 0.2) is 28.5 Å². The number of aromatic nitrogens is 2. The van der Waals surface area contributed by atoms with Crippen molar-refractivity contribution in [3.63, 3.8) is 0 Å². The van der Waals surface area contributed by atoms with Crippen LogP contribution < -0.4 is 10.2 Å². The zero-order valence-corrected chi connectivity index (χ0v) is 15.4. The van der Waals surface area contributed by atoms with E-state index in [2.05, 4.69) is 43.4 Å². The quantitative estimate of drug-likeness (QED) is 0.836. The second-order valence-electron chi connectivity index (χ2n) is 6.86. The van der Waals surface area contributed by atoms with Crippen LogP contribution in [-0.4, -0.2) is 59.6 Å². The fourth-order valence-electron chi connectivity index (χ4n) is 3.50. The van der Waals surface area contributed by atoms with Crippen LogP contribution in [0.1, 0.15) is 32.3 Å². The highest BCUT2D eigenvalue weighted by Crippen LogP contribution is 2.23. The molecule has 0 radical (unpaired) electrons. The van der Waals surface area contributed by atoms with Gasteiger partial charge in [-0.05, 0) is 45.2 Å². The maximum atomic E-state index is 11.1. The number of nitrogens with one attached hydrogen (secondary N) is 1. The molecule has 1 fully saturated rings. The molecule has 1 N–H and O–H groups in total. The van der Waals surface area contributed by atoms with E-state index >= 15 is 0 Å². The Morgan fingerprint density at radius 2 is 2.00 bits per heavy atom. The number of nitrogens with zero attached hydrogens (tertiary/aromatic N) is 5. The molecule has 0 amide bonds. The number of allylic oxidation sites excluding steroid dienone is 2. The molecule has 0 spiro atoms. The zero-order chi connectivity index (χ0) is 18.0. The van der Waals surface area contributed by atoms with Gasteiger partial charge in [-0.1, -0.05) is 0 Å². The predicted molar refractivity (Wildman–Crippen MR) is 98.6 cm³/mol.